The summed E-state index contributed by atoms with van der Waals surface area (Å²) >= 11 is 15.9. The van der Waals surface area contributed by atoms with E-state index in [1.807, 2.05) is 36.5 Å². The molecule has 0 aliphatic carbocycles. The molecule has 2 nitrogen and oxygen atoms in total. The number of hydrogen-bond donors (Lipinski definition) is 0. The summed E-state index contributed by atoms with van der Waals surface area (Å²) in [6.45, 7) is 0.625. The van der Waals surface area contributed by atoms with Gasteiger partial charge >= 0.3 is 0 Å². The Hall–Kier alpha value is -1.03. The van der Waals surface area contributed by atoms with E-state index in [4.69, 9.17) is 23.2 Å². The summed E-state index contributed by atoms with van der Waals surface area (Å²) in [4.78, 5) is 4.35. The van der Waals surface area contributed by atoms with E-state index in [2.05, 4.69) is 25.5 Å². The maximum absolute atomic E-state index is 6.21. The SMILES string of the molecule is Clc1cccc(Cl)c1Cn1ccc2ncc(Br)cc21. The molecule has 0 N–H and O–H groups in total. The van der Waals surface area contributed by atoms with Gasteiger partial charge in [-0.2, -0.15) is 0 Å². The van der Waals surface area contributed by atoms with Crippen LogP contribution < -0.4 is 0 Å². The molecule has 3 aromatic rings. The van der Waals surface area contributed by atoms with E-state index in [0.29, 0.717) is 16.6 Å². The third-order valence-corrected chi connectivity index (χ3v) is 4.12. The Kier molecular flexibility index (Phi) is 3.52. The molecule has 0 amide bonds. The van der Waals surface area contributed by atoms with Crippen molar-refractivity contribution in [3.05, 3.63) is 62.8 Å². The highest BCUT2D eigenvalue weighted by Gasteiger charge is 2.09. The van der Waals surface area contributed by atoms with Gasteiger partial charge in [0.2, 0.25) is 0 Å². The zero-order valence-corrected chi connectivity index (χ0v) is 12.9. The van der Waals surface area contributed by atoms with Crippen molar-refractivity contribution in [1.82, 2.24) is 9.55 Å². The van der Waals surface area contributed by atoms with Crippen LogP contribution in [0.25, 0.3) is 11.0 Å². The van der Waals surface area contributed by atoms with Crippen LogP contribution in [0.5, 0.6) is 0 Å². The summed E-state index contributed by atoms with van der Waals surface area (Å²) in [6.07, 6.45) is 3.78. The quantitative estimate of drug-likeness (QED) is 0.621. The molecule has 0 bridgehead atoms. The Morgan fingerprint density at radius 1 is 1.16 bits per heavy atom. The predicted octanol–water partition coefficient (Wildman–Crippen LogP) is 5.15. The third-order valence-electron chi connectivity index (χ3n) is 2.98. The fraction of sp³-hybridized carbons (Fsp3) is 0.0714. The summed E-state index contributed by atoms with van der Waals surface area (Å²) in [6, 6.07) is 9.56. The van der Waals surface area contributed by atoms with E-state index < -0.39 is 0 Å². The van der Waals surface area contributed by atoms with Gasteiger partial charge in [-0.15, -0.1) is 0 Å². The van der Waals surface area contributed by atoms with Crippen LogP contribution in [0.1, 0.15) is 5.56 Å². The molecule has 0 atom stereocenters. The van der Waals surface area contributed by atoms with Gasteiger partial charge in [0.05, 0.1) is 17.6 Å². The minimum atomic E-state index is 0.625. The van der Waals surface area contributed by atoms with Crippen LogP contribution in [0, 0.1) is 0 Å². The first kappa shape index (κ1) is 13.0. The Morgan fingerprint density at radius 3 is 2.63 bits per heavy atom. The van der Waals surface area contributed by atoms with E-state index in [1.54, 1.807) is 6.20 Å². The molecule has 96 valence electrons. The molecule has 0 radical (unpaired) electrons. The third kappa shape index (κ3) is 2.50. The van der Waals surface area contributed by atoms with Gasteiger partial charge in [-0.3, -0.25) is 4.98 Å². The van der Waals surface area contributed by atoms with E-state index in [1.165, 1.54) is 0 Å². The molecule has 0 unspecified atom stereocenters. The summed E-state index contributed by atoms with van der Waals surface area (Å²) < 4.78 is 3.03. The Labute approximate surface area is 129 Å². The fourth-order valence-corrected chi connectivity index (χ4v) is 2.87. The van der Waals surface area contributed by atoms with Crippen LogP contribution in [0.15, 0.2) is 47.2 Å². The normalized spacial score (nSPS) is 11.1. The van der Waals surface area contributed by atoms with E-state index in [0.717, 1.165) is 21.1 Å². The second-order valence-corrected chi connectivity index (χ2v) is 5.93. The van der Waals surface area contributed by atoms with Crippen LogP contribution >= 0.6 is 39.1 Å². The molecule has 3 rings (SSSR count). The molecular formula is C14H9BrCl2N2. The fourth-order valence-electron chi connectivity index (χ4n) is 2.03. The molecule has 0 fully saturated rings. The highest BCUT2D eigenvalue weighted by Crippen LogP contribution is 2.27. The van der Waals surface area contributed by atoms with Gasteiger partial charge in [-0.25, -0.2) is 0 Å². The minimum absolute atomic E-state index is 0.625. The minimum Gasteiger partial charge on any atom is -0.342 e. The zero-order valence-electron chi connectivity index (χ0n) is 9.78. The van der Waals surface area contributed by atoms with Gasteiger partial charge in [0.15, 0.2) is 0 Å². The van der Waals surface area contributed by atoms with E-state index >= 15 is 0 Å². The molecule has 0 spiro atoms. The lowest BCUT2D eigenvalue weighted by Gasteiger charge is -2.09. The molecule has 19 heavy (non-hydrogen) atoms. The van der Waals surface area contributed by atoms with Crippen LogP contribution in [-0.2, 0) is 6.54 Å². The van der Waals surface area contributed by atoms with Crippen molar-refractivity contribution >= 4 is 50.2 Å². The van der Waals surface area contributed by atoms with Gasteiger partial charge < -0.3 is 4.57 Å². The largest absolute Gasteiger partial charge is 0.342 e. The number of hydrogen-bond acceptors (Lipinski definition) is 1. The molecule has 0 aliphatic rings. The maximum atomic E-state index is 6.21. The second-order valence-electron chi connectivity index (χ2n) is 4.20. The van der Waals surface area contributed by atoms with Crippen molar-refractivity contribution in [2.24, 2.45) is 0 Å². The van der Waals surface area contributed by atoms with Crippen molar-refractivity contribution in [3.8, 4) is 0 Å². The topological polar surface area (TPSA) is 17.8 Å². The summed E-state index contributed by atoms with van der Waals surface area (Å²) in [5, 5.41) is 1.36. The number of rotatable bonds is 2. The standard InChI is InChI=1S/C14H9BrCl2N2/c15-9-6-14-13(18-7-9)4-5-19(14)8-10-11(16)2-1-3-12(10)17/h1-7H,8H2. The molecular weight excluding hydrogens is 347 g/mol. The zero-order chi connectivity index (χ0) is 13.4. The number of fused-ring (bicyclic) bond motifs is 1. The average Bonchev–Trinajstić information content (AvgIpc) is 2.76. The Balaban J connectivity index is 2.08. The van der Waals surface area contributed by atoms with E-state index in [-0.39, 0.29) is 0 Å². The first-order valence-corrected chi connectivity index (χ1v) is 7.23. The summed E-state index contributed by atoms with van der Waals surface area (Å²) in [5.74, 6) is 0. The lowest BCUT2D eigenvalue weighted by atomic mass is 10.2. The van der Waals surface area contributed by atoms with Gasteiger partial charge in [0.25, 0.3) is 0 Å². The molecule has 1 aromatic carbocycles. The van der Waals surface area contributed by atoms with Crippen molar-refractivity contribution < 1.29 is 0 Å². The summed E-state index contributed by atoms with van der Waals surface area (Å²) in [7, 11) is 0. The Bertz CT molecular complexity index is 732. The first-order chi connectivity index (χ1) is 9.15. The summed E-state index contributed by atoms with van der Waals surface area (Å²) in [5.41, 5.74) is 2.92. The highest BCUT2D eigenvalue weighted by atomic mass is 79.9. The average molecular weight is 356 g/mol. The van der Waals surface area contributed by atoms with Crippen LogP contribution in [0.3, 0.4) is 0 Å². The second kappa shape index (κ2) is 5.16. The lowest BCUT2D eigenvalue weighted by molar-refractivity contribution is 0.836. The highest BCUT2D eigenvalue weighted by molar-refractivity contribution is 9.10. The molecule has 0 saturated carbocycles. The van der Waals surface area contributed by atoms with Crippen molar-refractivity contribution in [3.63, 3.8) is 0 Å². The number of nitrogens with zero attached hydrogens (tertiary/aromatic N) is 2. The van der Waals surface area contributed by atoms with Crippen molar-refractivity contribution in [2.75, 3.05) is 0 Å². The smallest absolute Gasteiger partial charge is 0.0881 e. The van der Waals surface area contributed by atoms with Gasteiger partial charge in [-0.1, -0.05) is 29.3 Å². The molecule has 0 saturated heterocycles. The molecule has 0 aliphatic heterocycles. The van der Waals surface area contributed by atoms with Crippen molar-refractivity contribution in [2.45, 2.75) is 6.54 Å². The van der Waals surface area contributed by atoms with Gasteiger partial charge in [-0.05, 0) is 40.2 Å². The van der Waals surface area contributed by atoms with Gasteiger partial charge in [0.1, 0.15) is 0 Å². The van der Waals surface area contributed by atoms with E-state index in [9.17, 15) is 0 Å². The Morgan fingerprint density at radius 2 is 1.89 bits per heavy atom. The monoisotopic (exact) mass is 354 g/mol. The van der Waals surface area contributed by atoms with Crippen LogP contribution in [0.2, 0.25) is 10.0 Å². The van der Waals surface area contributed by atoms with Gasteiger partial charge in [0, 0.05) is 32.5 Å². The molecule has 2 heterocycles. The number of halogens is 3. The maximum Gasteiger partial charge on any atom is 0.0881 e. The lowest BCUT2D eigenvalue weighted by Crippen LogP contribution is -1.99. The number of aromatic nitrogens is 2. The van der Waals surface area contributed by atoms with Crippen LogP contribution in [0.4, 0.5) is 0 Å². The first-order valence-electron chi connectivity index (χ1n) is 5.68. The number of benzene rings is 1. The van der Waals surface area contributed by atoms with Crippen molar-refractivity contribution in [1.29, 1.82) is 0 Å². The molecule has 2 aromatic heterocycles. The predicted molar refractivity (Wildman–Crippen MR) is 83.0 cm³/mol. The number of pyridine rings is 1. The van der Waals surface area contributed by atoms with Crippen LogP contribution in [-0.4, -0.2) is 9.55 Å². The molecule has 5 heteroatoms.